The third-order valence-electron chi connectivity index (χ3n) is 6.40. The molecule has 2 amide bonds. The lowest BCUT2D eigenvalue weighted by Crippen LogP contribution is -2.46. The predicted octanol–water partition coefficient (Wildman–Crippen LogP) is 7.02. The number of amides is 2. The number of hydrogen-bond acceptors (Lipinski definition) is 4. The van der Waals surface area contributed by atoms with Crippen LogP contribution in [0.4, 0.5) is 10.5 Å². The molecule has 3 aromatic carbocycles. The summed E-state index contributed by atoms with van der Waals surface area (Å²) in [5.74, 6) is 0.844. The molecule has 6 nitrogen and oxygen atoms in total. The van der Waals surface area contributed by atoms with E-state index < -0.39 is 6.04 Å². The molecule has 1 N–H and O–H groups in total. The molecule has 0 spiro atoms. The van der Waals surface area contributed by atoms with E-state index in [-0.39, 0.29) is 6.03 Å². The van der Waals surface area contributed by atoms with Crippen molar-refractivity contribution in [2.45, 2.75) is 33.7 Å². The van der Waals surface area contributed by atoms with Crippen LogP contribution in [0.15, 0.2) is 77.0 Å². The van der Waals surface area contributed by atoms with Gasteiger partial charge in [-0.2, -0.15) is 4.98 Å². The van der Waals surface area contributed by atoms with Crippen LogP contribution in [0.2, 0.25) is 5.02 Å². The first kappa shape index (κ1) is 22.9. The Bertz CT molecular complexity index is 1440. The first-order chi connectivity index (χ1) is 16.8. The van der Waals surface area contributed by atoms with E-state index >= 15 is 0 Å². The van der Waals surface area contributed by atoms with Crippen molar-refractivity contribution in [3.8, 4) is 11.4 Å². The number of hydrogen-bond donors (Lipinski definition) is 1. The number of nitrogens with one attached hydrogen (secondary N) is 1. The van der Waals surface area contributed by atoms with Gasteiger partial charge in [-0.15, -0.1) is 0 Å². The van der Waals surface area contributed by atoms with Crippen molar-refractivity contribution in [1.82, 2.24) is 15.5 Å². The minimum atomic E-state index is -0.478. The van der Waals surface area contributed by atoms with Crippen molar-refractivity contribution in [2.24, 2.45) is 0 Å². The summed E-state index contributed by atoms with van der Waals surface area (Å²) in [5.41, 5.74) is 7.36. The largest absolute Gasteiger partial charge is 0.334 e. The monoisotopic (exact) mass is 484 g/mol. The highest BCUT2D eigenvalue weighted by molar-refractivity contribution is 6.30. The maximum absolute atomic E-state index is 13.4. The summed E-state index contributed by atoms with van der Waals surface area (Å²) in [7, 11) is 0. The van der Waals surface area contributed by atoms with Gasteiger partial charge in [0, 0.05) is 16.3 Å². The summed E-state index contributed by atoms with van der Waals surface area (Å²) >= 11 is 6.13. The smallest absolute Gasteiger partial charge is 0.326 e. The Morgan fingerprint density at radius 3 is 2.31 bits per heavy atom. The molecule has 1 aliphatic heterocycles. The molecule has 1 aliphatic rings. The van der Waals surface area contributed by atoms with Crippen LogP contribution >= 0.6 is 11.6 Å². The maximum Gasteiger partial charge on any atom is 0.326 e. The number of urea groups is 1. The molecule has 0 fully saturated rings. The zero-order chi connectivity index (χ0) is 24.7. The molecule has 0 bridgehead atoms. The molecule has 35 heavy (non-hydrogen) atoms. The second-order valence-electron chi connectivity index (χ2n) is 8.83. The fourth-order valence-electron chi connectivity index (χ4n) is 4.25. The van der Waals surface area contributed by atoms with Crippen molar-refractivity contribution in [2.75, 3.05) is 4.90 Å². The number of halogens is 1. The van der Waals surface area contributed by atoms with E-state index in [0.717, 1.165) is 44.8 Å². The molecule has 0 aliphatic carbocycles. The van der Waals surface area contributed by atoms with Crippen LogP contribution in [0, 0.1) is 20.8 Å². The van der Waals surface area contributed by atoms with Gasteiger partial charge in [0.1, 0.15) is 0 Å². The number of nitrogens with zero attached hydrogens (tertiary/aromatic N) is 3. The van der Waals surface area contributed by atoms with Crippen LogP contribution in [-0.4, -0.2) is 16.2 Å². The summed E-state index contributed by atoms with van der Waals surface area (Å²) in [6, 6.07) is 20.6. The van der Waals surface area contributed by atoms with Crippen molar-refractivity contribution in [3.63, 3.8) is 0 Å². The number of allylic oxidation sites excluding steroid dienone is 1. The average molecular weight is 485 g/mol. The van der Waals surface area contributed by atoms with Crippen LogP contribution in [0.25, 0.3) is 17.0 Å². The van der Waals surface area contributed by atoms with E-state index in [4.69, 9.17) is 21.1 Å². The molecule has 1 atom stereocenters. The minimum Gasteiger partial charge on any atom is -0.334 e. The predicted molar refractivity (Wildman–Crippen MR) is 138 cm³/mol. The van der Waals surface area contributed by atoms with Gasteiger partial charge >= 0.3 is 6.03 Å². The lowest BCUT2D eigenvalue weighted by Gasteiger charge is -2.35. The van der Waals surface area contributed by atoms with Crippen molar-refractivity contribution in [1.29, 1.82) is 0 Å². The van der Waals surface area contributed by atoms with Crippen molar-refractivity contribution >= 4 is 28.9 Å². The Labute approximate surface area is 209 Å². The molecular weight excluding hydrogens is 460 g/mol. The number of carbonyl (C=O) groups excluding carboxylic acids is 1. The number of carbonyl (C=O) groups is 1. The highest BCUT2D eigenvalue weighted by atomic mass is 35.5. The lowest BCUT2D eigenvalue weighted by atomic mass is 9.94. The van der Waals surface area contributed by atoms with Gasteiger partial charge in [-0.25, -0.2) is 4.79 Å². The Morgan fingerprint density at radius 2 is 1.63 bits per heavy atom. The second kappa shape index (κ2) is 9.04. The molecule has 0 radical (unpaired) electrons. The number of anilines is 1. The van der Waals surface area contributed by atoms with Gasteiger partial charge in [0.15, 0.2) is 0 Å². The molecule has 7 heteroatoms. The van der Waals surface area contributed by atoms with E-state index in [0.29, 0.717) is 16.7 Å². The zero-order valence-corrected chi connectivity index (χ0v) is 20.7. The Morgan fingerprint density at radius 1 is 0.914 bits per heavy atom. The molecular formula is C28H25ClN4O2. The van der Waals surface area contributed by atoms with Crippen LogP contribution in [0.5, 0.6) is 0 Å². The topological polar surface area (TPSA) is 71.3 Å². The van der Waals surface area contributed by atoms with Crippen molar-refractivity contribution in [3.05, 3.63) is 106 Å². The van der Waals surface area contributed by atoms with Gasteiger partial charge in [-0.05, 0) is 68.7 Å². The fourth-order valence-corrected chi connectivity index (χ4v) is 4.38. The van der Waals surface area contributed by atoms with E-state index in [1.807, 2.05) is 82.3 Å². The van der Waals surface area contributed by atoms with Gasteiger partial charge in [-0.3, -0.25) is 4.90 Å². The van der Waals surface area contributed by atoms with Gasteiger partial charge in [0.2, 0.25) is 5.82 Å². The standard InChI is InChI=1S/C28H25ClN4O2/c1-16-5-8-21(9-6-16)26-31-27(35-32-26)24-19(4)33(23-14-7-17(2)18(3)15-23)28(34)30-25(24)20-10-12-22(29)13-11-20/h5-15,25H,1-4H3,(H,30,34). The van der Waals surface area contributed by atoms with Crippen molar-refractivity contribution < 1.29 is 9.32 Å². The molecule has 176 valence electrons. The first-order valence-corrected chi connectivity index (χ1v) is 11.7. The molecule has 4 aromatic rings. The quantitative estimate of drug-likeness (QED) is 0.338. The molecule has 1 unspecified atom stereocenters. The van der Waals surface area contributed by atoms with E-state index in [1.54, 1.807) is 17.0 Å². The molecule has 2 heterocycles. The summed E-state index contributed by atoms with van der Waals surface area (Å²) in [6.45, 7) is 8.01. The second-order valence-corrected chi connectivity index (χ2v) is 9.26. The SMILES string of the molecule is CC1=C(c2nc(-c3ccc(C)cc3)no2)C(c2ccc(Cl)cc2)NC(=O)N1c1ccc(C)c(C)c1. The Hall–Kier alpha value is -3.90. The summed E-state index contributed by atoms with van der Waals surface area (Å²) in [4.78, 5) is 19.8. The van der Waals surface area contributed by atoms with Crippen LogP contribution in [-0.2, 0) is 0 Å². The summed E-state index contributed by atoms with van der Waals surface area (Å²) < 4.78 is 5.77. The highest BCUT2D eigenvalue weighted by Gasteiger charge is 2.36. The fraction of sp³-hybridized carbons (Fsp3) is 0.179. The third-order valence-corrected chi connectivity index (χ3v) is 6.65. The Balaban J connectivity index is 1.65. The van der Waals surface area contributed by atoms with Crippen LogP contribution in [0.1, 0.15) is 41.1 Å². The normalized spacial score (nSPS) is 16.0. The number of aromatic nitrogens is 2. The van der Waals surface area contributed by atoms with E-state index in [1.165, 1.54) is 0 Å². The number of benzene rings is 3. The first-order valence-electron chi connectivity index (χ1n) is 11.4. The maximum atomic E-state index is 13.4. The molecule has 0 saturated carbocycles. The lowest BCUT2D eigenvalue weighted by molar-refractivity contribution is 0.244. The van der Waals surface area contributed by atoms with Gasteiger partial charge in [0.25, 0.3) is 5.89 Å². The molecule has 5 rings (SSSR count). The van der Waals surface area contributed by atoms with E-state index in [2.05, 4.69) is 10.5 Å². The van der Waals surface area contributed by atoms with E-state index in [9.17, 15) is 4.79 Å². The third kappa shape index (κ3) is 4.33. The number of rotatable bonds is 4. The summed E-state index contributed by atoms with van der Waals surface area (Å²) in [5, 5.41) is 7.99. The Kier molecular flexibility index (Phi) is 5.91. The van der Waals surface area contributed by atoms with Gasteiger partial charge in [0.05, 0.1) is 17.3 Å². The van der Waals surface area contributed by atoms with Gasteiger partial charge < -0.3 is 9.84 Å². The average Bonchev–Trinajstić information content (AvgIpc) is 3.31. The van der Waals surface area contributed by atoms with Crippen LogP contribution < -0.4 is 10.2 Å². The minimum absolute atomic E-state index is 0.229. The van der Waals surface area contributed by atoms with Crippen LogP contribution in [0.3, 0.4) is 0 Å². The highest BCUT2D eigenvalue weighted by Crippen LogP contribution is 2.39. The number of aryl methyl sites for hydroxylation is 3. The molecule has 0 saturated heterocycles. The van der Waals surface area contributed by atoms with Gasteiger partial charge in [-0.1, -0.05) is 64.8 Å². The summed E-state index contributed by atoms with van der Waals surface area (Å²) in [6.07, 6.45) is 0. The zero-order valence-electron chi connectivity index (χ0n) is 20.0. The molecule has 1 aromatic heterocycles.